The van der Waals surface area contributed by atoms with Gasteiger partial charge in [-0.25, -0.2) is 15.0 Å². The first-order valence-corrected chi connectivity index (χ1v) is 49.1. The summed E-state index contributed by atoms with van der Waals surface area (Å²) in [5.41, 5.74) is 26.6. The van der Waals surface area contributed by atoms with Gasteiger partial charge in [-0.3, -0.25) is 0 Å². The van der Waals surface area contributed by atoms with Gasteiger partial charge in [0.15, 0.2) is 17.5 Å². The number of anilines is 9. The standard InChI is InChI=1S/C44H30N4S2.C41H30N2S.C35H25NS2/c1-44(2)34-18-10-11-19-35(34)48(39-31-17-9-12-20-36(31)50-40(39)44)30-22-24-38-33(26-30)32-25-29(21-23-37(32)49-38)43-46-41(27-13-5-3-6-14-27)45-42(47-43)28-15-7-4-8-16-28;1-41(2)34-16-8-10-18-37(34)43(39-32-15-7-11-19-38(32)44-40(39)41)30-23-20-27(21-24-30)28-22-25-36-33(26-28)31-14-6-9-17-35(31)42(36)29-12-4-3-5-13-29;1-35(2)28-13-7-8-14-29(28)36(33-25-12-6-9-15-30(25)38-34(33)35)24-17-19-32-27(21-24)26-20-23(16-18-31(26)37-32)22-10-4-3-5-11-22/h3-26H,1-2H3;3-26H,1-2H3;3-21H,1-2H3. The molecule has 0 radical (unpaired) electrons. The van der Waals surface area contributed by atoms with Crippen molar-refractivity contribution in [1.82, 2.24) is 19.5 Å². The molecule has 24 aromatic rings. The van der Waals surface area contributed by atoms with Crippen LogP contribution in [0, 0.1) is 0 Å². The quantitative estimate of drug-likeness (QED) is 0.144. The lowest BCUT2D eigenvalue weighted by atomic mass is 9.78. The predicted molar refractivity (Wildman–Crippen MR) is 567 cm³/mol. The zero-order valence-corrected chi connectivity index (χ0v) is 77.4. The maximum absolute atomic E-state index is 5.02. The summed E-state index contributed by atoms with van der Waals surface area (Å²) in [6.45, 7) is 14.2. The van der Waals surface area contributed by atoms with Crippen molar-refractivity contribution in [2.24, 2.45) is 0 Å². The van der Waals surface area contributed by atoms with Crippen molar-refractivity contribution < 1.29 is 0 Å². The van der Waals surface area contributed by atoms with Gasteiger partial charge in [0.1, 0.15) is 0 Å². The molecule has 0 N–H and O–H groups in total. The van der Waals surface area contributed by atoms with Crippen molar-refractivity contribution >= 4 is 200 Å². The summed E-state index contributed by atoms with van der Waals surface area (Å²) < 4.78 is 11.5. The molecule has 0 saturated carbocycles. The van der Waals surface area contributed by atoms with Crippen LogP contribution >= 0.6 is 56.7 Å². The highest BCUT2D eigenvalue weighted by atomic mass is 32.1. The monoisotopic (exact) mass is 1780 g/mol. The molecule has 17 aromatic carbocycles. The molecule has 3 aliphatic heterocycles. The molecule has 0 atom stereocenters. The van der Waals surface area contributed by atoms with E-state index >= 15 is 0 Å². The highest BCUT2D eigenvalue weighted by Gasteiger charge is 2.43. The molecule has 10 heterocycles. The molecule has 0 saturated heterocycles. The number of nitrogens with zero attached hydrogens (tertiary/aromatic N) is 7. The molecule has 0 amide bonds. The first-order chi connectivity index (χ1) is 64.7. The van der Waals surface area contributed by atoms with E-state index in [-0.39, 0.29) is 16.2 Å². The summed E-state index contributed by atoms with van der Waals surface area (Å²) in [6.07, 6.45) is 0. The molecule has 132 heavy (non-hydrogen) atoms. The second-order valence-corrected chi connectivity index (χ2v) is 41.4. The van der Waals surface area contributed by atoms with Gasteiger partial charge >= 0.3 is 0 Å². The fraction of sp³-hybridized carbons (Fsp3) is 0.0750. The third kappa shape index (κ3) is 12.9. The SMILES string of the molecule is CC1(C)c2ccccc2N(c2ccc(-c3ccc4c(c3)c3ccccc3n4-c3ccccc3)cc2)c2c1sc1ccccc21.CC1(C)c2ccccc2N(c2ccc3sc4ccc(-c5ccccc5)cc4c3c2)c2c1sc1ccccc21.CC1(C)c2ccccc2N(c2ccc3sc4ccc(-c5nc(-c6ccccc6)nc(-c6ccccc6)n5)cc4c3c2)c2c1sc1ccccc21. The van der Waals surface area contributed by atoms with Gasteiger partial charge in [-0.05, 0) is 185 Å². The number of fused-ring (bicyclic) bond motifs is 21. The van der Waals surface area contributed by atoms with Crippen molar-refractivity contribution in [2.75, 3.05) is 14.7 Å². The maximum atomic E-state index is 5.02. The first kappa shape index (κ1) is 79.4. The Morgan fingerprint density at radius 3 is 0.947 bits per heavy atom. The van der Waals surface area contributed by atoms with Gasteiger partial charge in [-0.15, -0.1) is 56.7 Å². The molecule has 7 aromatic heterocycles. The molecule has 0 aliphatic carbocycles. The van der Waals surface area contributed by atoms with E-state index in [1.54, 1.807) is 0 Å². The Hall–Kier alpha value is -14.7. The molecule has 0 spiro atoms. The Balaban J connectivity index is 0.000000107. The summed E-state index contributed by atoms with van der Waals surface area (Å²) in [4.78, 5) is 26.7. The molecule has 0 fully saturated rings. The lowest BCUT2D eigenvalue weighted by Crippen LogP contribution is -2.29. The molecule has 7 nitrogen and oxygen atoms in total. The Morgan fingerprint density at radius 2 is 0.492 bits per heavy atom. The molecule has 12 heteroatoms. The van der Waals surface area contributed by atoms with Crippen LogP contribution in [0.2, 0.25) is 0 Å². The van der Waals surface area contributed by atoms with E-state index in [1.165, 1.54) is 197 Å². The highest BCUT2D eigenvalue weighted by Crippen LogP contribution is 2.62. The number of aromatic nitrogens is 4. The lowest BCUT2D eigenvalue weighted by molar-refractivity contribution is 0.647. The van der Waals surface area contributed by atoms with E-state index in [2.05, 4.69) is 407 Å². The van der Waals surface area contributed by atoms with Crippen LogP contribution in [0.25, 0.3) is 155 Å². The van der Waals surface area contributed by atoms with Crippen molar-refractivity contribution in [1.29, 1.82) is 0 Å². The zero-order valence-electron chi connectivity index (χ0n) is 73.4. The summed E-state index contributed by atoms with van der Waals surface area (Å²) in [5, 5.41) is 11.6. The van der Waals surface area contributed by atoms with Gasteiger partial charge in [0.2, 0.25) is 0 Å². The van der Waals surface area contributed by atoms with E-state index in [0.717, 1.165) is 22.4 Å². The van der Waals surface area contributed by atoms with E-state index in [0.29, 0.717) is 17.5 Å². The molecular weight excluding hydrogens is 1700 g/mol. The van der Waals surface area contributed by atoms with E-state index in [4.69, 9.17) is 15.0 Å². The molecule has 0 unspecified atom stereocenters. The van der Waals surface area contributed by atoms with Crippen LogP contribution in [0.15, 0.2) is 406 Å². The van der Waals surface area contributed by atoms with Crippen LogP contribution in [0.1, 0.15) is 72.9 Å². The normalized spacial score (nSPS) is 13.8. The average molecular weight is 1790 g/mol. The van der Waals surface area contributed by atoms with Crippen LogP contribution in [0.3, 0.4) is 0 Å². The second-order valence-electron chi connectivity index (χ2n) is 36.1. The minimum Gasteiger partial charge on any atom is -0.309 e. The number of rotatable bonds is 9. The van der Waals surface area contributed by atoms with Gasteiger partial charge in [0.25, 0.3) is 0 Å². The largest absolute Gasteiger partial charge is 0.309 e. The molecule has 630 valence electrons. The second kappa shape index (κ2) is 31.3. The van der Waals surface area contributed by atoms with Crippen molar-refractivity contribution in [3.05, 3.63) is 438 Å². The minimum absolute atomic E-state index is 0.0596. The molecule has 0 bridgehead atoms. The van der Waals surface area contributed by atoms with Crippen molar-refractivity contribution in [2.45, 2.75) is 57.8 Å². The van der Waals surface area contributed by atoms with Crippen molar-refractivity contribution in [3.63, 3.8) is 0 Å². The number of hydrogen-bond donors (Lipinski definition) is 0. The third-order valence-electron chi connectivity index (χ3n) is 27.2. The first-order valence-electron chi connectivity index (χ1n) is 45.0. The Labute approximate surface area is 785 Å². The fourth-order valence-electron chi connectivity index (χ4n) is 20.7. The maximum Gasteiger partial charge on any atom is 0.164 e. The van der Waals surface area contributed by atoms with E-state index in [1.807, 2.05) is 117 Å². The van der Waals surface area contributed by atoms with Crippen LogP contribution in [-0.4, -0.2) is 19.5 Å². The van der Waals surface area contributed by atoms with Crippen LogP contribution in [0.4, 0.5) is 51.2 Å². The van der Waals surface area contributed by atoms with Crippen LogP contribution in [0.5, 0.6) is 0 Å². The summed E-state index contributed by atoms with van der Waals surface area (Å²) in [6, 6.07) is 147. The van der Waals surface area contributed by atoms with Crippen LogP contribution < -0.4 is 14.7 Å². The summed E-state index contributed by atoms with van der Waals surface area (Å²) in [5.74, 6) is 1.99. The number of benzene rings is 17. The smallest absolute Gasteiger partial charge is 0.164 e. The van der Waals surface area contributed by atoms with E-state index < -0.39 is 0 Å². The minimum atomic E-state index is -0.109. The van der Waals surface area contributed by atoms with Gasteiger partial charge in [0, 0.05) is 152 Å². The zero-order chi connectivity index (χ0) is 88.2. The predicted octanol–water partition coefficient (Wildman–Crippen LogP) is 35.4. The molecule has 3 aliphatic rings. The average Bonchev–Trinajstić information content (AvgIpc) is 1.70. The fourth-order valence-corrected chi connectivity index (χ4v) is 26.7. The third-order valence-corrected chi connectivity index (χ3v) is 33.9. The van der Waals surface area contributed by atoms with Gasteiger partial charge in [0.05, 0.1) is 45.2 Å². The van der Waals surface area contributed by atoms with Gasteiger partial charge in [-0.2, -0.15) is 0 Å². The summed E-state index contributed by atoms with van der Waals surface area (Å²) >= 11 is 9.49. The number of thiophene rings is 5. The number of hydrogen-bond acceptors (Lipinski definition) is 11. The number of para-hydroxylation sites is 5. The van der Waals surface area contributed by atoms with Crippen molar-refractivity contribution in [3.8, 4) is 62.1 Å². The summed E-state index contributed by atoms with van der Waals surface area (Å²) in [7, 11) is 0. The lowest BCUT2D eigenvalue weighted by Gasteiger charge is -2.40. The molecular formula is C120H85N7S5. The Kier molecular flexibility index (Phi) is 18.8. The van der Waals surface area contributed by atoms with E-state index in [9.17, 15) is 0 Å². The molecule has 27 rings (SSSR count). The highest BCUT2D eigenvalue weighted by molar-refractivity contribution is 7.26. The van der Waals surface area contributed by atoms with Gasteiger partial charge in [-0.1, -0.05) is 302 Å². The van der Waals surface area contributed by atoms with Gasteiger partial charge < -0.3 is 19.3 Å². The topological polar surface area (TPSA) is 53.3 Å². The Morgan fingerprint density at radius 1 is 0.197 bits per heavy atom. The Bertz CT molecular complexity index is 8660. The van der Waals surface area contributed by atoms with Crippen LogP contribution in [-0.2, 0) is 16.2 Å².